The fourth-order valence-electron chi connectivity index (χ4n) is 4.24. The Bertz CT molecular complexity index is 1230. The fraction of sp³-hybridized carbons (Fsp3) is 0.500. The maximum Gasteiger partial charge on any atom is 0.367 e. The highest BCUT2D eigenvalue weighted by molar-refractivity contribution is 14.1. The molecule has 4 atom stereocenters. The minimum atomic E-state index is -6.05. The molecule has 4 unspecified atom stereocenters. The number of ether oxygens (including phenoxy) is 2. The molecule has 1 aromatic rings. The Morgan fingerprint density at radius 2 is 1.69 bits per heavy atom. The lowest BCUT2D eigenvalue weighted by Gasteiger charge is -2.29. The quantitative estimate of drug-likeness (QED) is 0.192. The van der Waals surface area contributed by atoms with Gasteiger partial charge in [-0.2, -0.15) is 8.78 Å². The van der Waals surface area contributed by atoms with Crippen molar-refractivity contribution in [2.24, 2.45) is 23.7 Å². The Balaban J connectivity index is 1.87. The smallest absolute Gasteiger partial charge is 0.367 e. The monoisotopic (exact) mass is 752 g/mol. The third kappa shape index (κ3) is 6.35. The number of hydrogen-bond acceptors (Lipinski definition) is 8. The summed E-state index contributed by atoms with van der Waals surface area (Å²) in [5.41, 5.74) is -1.12. The number of amides is 1. The van der Waals surface area contributed by atoms with Crippen molar-refractivity contribution in [1.82, 2.24) is 0 Å². The zero-order chi connectivity index (χ0) is 27.2. The van der Waals surface area contributed by atoms with E-state index in [-0.39, 0.29) is 23.1 Å². The van der Waals surface area contributed by atoms with Crippen LogP contribution in [-0.4, -0.2) is 48.3 Å². The third-order valence-electron chi connectivity index (χ3n) is 5.70. The van der Waals surface area contributed by atoms with Crippen molar-refractivity contribution < 1.29 is 45.6 Å². The van der Waals surface area contributed by atoms with Gasteiger partial charge in [0.1, 0.15) is 5.60 Å². The molecule has 3 rings (SSSR count). The van der Waals surface area contributed by atoms with E-state index in [9.17, 15) is 36.1 Å². The van der Waals surface area contributed by atoms with Gasteiger partial charge in [0.05, 0.1) is 23.1 Å². The Morgan fingerprint density at radius 3 is 2.25 bits per heavy atom. The summed E-state index contributed by atoms with van der Waals surface area (Å²) in [5, 5.41) is -2.19. The summed E-state index contributed by atoms with van der Waals surface area (Å²) in [7, 11) is -6.05. The molecular weight excluding hydrogens is 730 g/mol. The zero-order valence-electron chi connectivity index (χ0n) is 19.2. The van der Waals surface area contributed by atoms with Gasteiger partial charge >= 0.3 is 17.2 Å². The summed E-state index contributed by atoms with van der Waals surface area (Å²) in [6.45, 7) is 3.18. The normalized spacial score (nSPS) is 23.4. The van der Waals surface area contributed by atoms with Crippen molar-refractivity contribution in [1.29, 1.82) is 0 Å². The van der Waals surface area contributed by atoms with E-state index in [1.807, 2.05) is 57.3 Å². The molecule has 0 radical (unpaired) electrons. The zero-order valence-corrected chi connectivity index (χ0v) is 24.4. The van der Waals surface area contributed by atoms with Crippen molar-refractivity contribution in [3.8, 4) is 0 Å². The molecule has 2 bridgehead atoms. The second-order valence-electron chi connectivity index (χ2n) is 9.50. The topological polar surface area (TPSA) is 139 Å². The van der Waals surface area contributed by atoms with Crippen LogP contribution in [0, 0.1) is 30.8 Å². The number of benzene rings is 1. The van der Waals surface area contributed by atoms with Crippen LogP contribution in [0.4, 0.5) is 14.5 Å². The van der Waals surface area contributed by atoms with E-state index in [4.69, 9.17) is 4.74 Å². The van der Waals surface area contributed by atoms with Crippen LogP contribution in [0.25, 0.3) is 0 Å². The van der Waals surface area contributed by atoms with Crippen molar-refractivity contribution in [2.45, 2.75) is 38.0 Å². The number of carbonyl (C=O) groups is 3. The van der Waals surface area contributed by atoms with Gasteiger partial charge in [0.25, 0.3) is 0 Å². The van der Waals surface area contributed by atoms with E-state index in [0.29, 0.717) is 13.6 Å². The first kappa shape index (κ1) is 29.2. The lowest BCUT2D eigenvalue weighted by molar-refractivity contribution is -0.164. The molecule has 36 heavy (non-hydrogen) atoms. The second kappa shape index (κ2) is 10.4. The van der Waals surface area contributed by atoms with Crippen LogP contribution < -0.4 is 5.32 Å². The van der Waals surface area contributed by atoms with Gasteiger partial charge in [-0.15, -0.1) is 0 Å². The lowest BCUT2D eigenvalue weighted by atomic mass is 9.82. The number of esters is 2. The number of hydrogen-bond donors (Lipinski definition) is 1. The largest absolute Gasteiger partial charge is 0.743 e. The van der Waals surface area contributed by atoms with Gasteiger partial charge in [-0.3, -0.25) is 9.59 Å². The minimum Gasteiger partial charge on any atom is -0.743 e. The van der Waals surface area contributed by atoms with Crippen LogP contribution >= 0.6 is 45.2 Å². The van der Waals surface area contributed by atoms with Gasteiger partial charge in [0.2, 0.25) is 5.91 Å². The molecule has 1 amide bonds. The Kier molecular flexibility index (Phi) is 8.42. The predicted octanol–water partition coefficient (Wildman–Crippen LogP) is 3.91. The van der Waals surface area contributed by atoms with Gasteiger partial charge in [-0.1, -0.05) is 12.2 Å². The van der Waals surface area contributed by atoms with Gasteiger partial charge < -0.3 is 19.3 Å². The summed E-state index contributed by atoms with van der Waals surface area (Å²) in [5.74, 6) is -4.38. The Morgan fingerprint density at radius 1 is 1.11 bits per heavy atom. The molecule has 0 saturated heterocycles. The molecule has 1 aromatic carbocycles. The average molecular weight is 752 g/mol. The molecule has 0 spiro atoms. The first-order valence-electron chi connectivity index (χ1n) is 10.6. The third-order valence-corrected chi connectivity index (χ3v) is 8.02. The number of anilines is 1. The number of nitrogens with one attached hydrogen (secondary N) is 1. The molecule has 2 aliphatic carbocycles. The summed E-state index contributed by atoms with van der Waals surface area (Å²) in [4.78, 5) is 38.9. The Labute approximate surface area is 233 Å². The first-order valence-corrected chi connectivity index (χ1v) is 14.2. The number of allylic oxidation sites excluding steroid dienone is 2. The van der Waals surface area contributed by atoms with Crippen LogP contribution in [0.1, 0.15) is 37.6 Å². The van der Waals surface area contributed by atoms with E-state index >= 15 is 0 Å². The number of carbonyl (C=O) groups excluding carboxylic acids is 3. The van der Waals surface area contributed by atoms with E-state index < -0.39 is 57.3 Å². The van der Waals surface area contributed by atoms with Crippen LogP contribution in [0.2, 0.25) is 0 Å². The molecule has 1 saturated carbocycles. The maximum absolute atomic E-state index is 13.5. The number of rotatable bonds is 7. The molecule has 9 nitrogen and oxygen atoms in total. The molecular formula is C22H22F2I2NO8S-. The van der Waals surface area contributed by atoms with E-state index in [1.54, 1.807) is 26.8 Å². The van der Waals surface area contributed by atoms with Gasteiger partial charge in [0.15, 0.2) is 16.7 Å². The molecule has 198 valence electrons. The highest BCUT2D eigenvalue weighted by Crippen LogP contribution is 2.49. The Hall–Kier alpha value is -1.40. The molecule has 2 aliphatic rings. The molecule has 0 heterocycles. The number of fused-ring (bicyclic) bond motifs is 2. The molecule has 0 aliphatic heterocycles. The summed E-state index contributed by atoms with van der Waals surface area (Å²) in [6.07, 6.45) is 4.32. The minimum absolute atomic E-state index is 0.0472. The van der Waals surface area contributed by atoms with Crippen LogP contribution in [0.5, 0.6) is 0 Å². The maximum atomic E-state index is 13.5. The lowest BCUT2D eigenvalue weighted by Crippen LogP contribution is -2.40. The van der Waals surface area contributed by atoms with E-state index in [2.05, 4.69) is 10.1 Å². The van der Waals surface area contributed by atoms with Crippen molar-refractivity contribution in [3.63, 3.8) is 0 Å². The average Bonchev–Trinajstić information content (AvgIpc) is 3.33. The summed E-state index contributed by atoms with van der Waals surface area (Å²) < 4.78 is 69.9. The number of alkyl halides is 2. The highest BCUT2D eigenvalue weighted by atomic mass is 127. The van der Waals surface area contributed by atoms with Crippen molar-refractivity contribution in [2.75, 3.05) is 11.9 Å². The predicted molar refractivity (Wildman–Crippen MR) is 139 cm³/mol. The standard InChI is InChI=1S/C22H23F2I2NO8S/c1-21(2,3)35-20(30)16-11-5-4-10(6-11)15(16)18(28)27-17-13(7-12(25)8-14(17)26)19(29)34-9-22(23,24)36(31,32)33/h4-5,7-8,10-11,15-16H,6,9H2,1-3H3,(H,27,28)(H,31,32,33)/p-1. The first-order chi connectivity index (χ1) is 16.4. The molecule has 14 heteroatoms. The number of halogens is 4. The van der Waals surface area contributed by atoms with Crippen LogP contribution in [0.15, 0.2) is 24.3 Å². The van der Waals surface area contributed by atoms with E-state index in [0.717, 1.165) is 0 Å². The highest BCUT2D eigenvalue weighted by Gasteiger charge is 2.53. The van der Waals surface area contributed by atoms with Gasteiger partial charge in [-0.25, -0.2) is 13.2 Å². The van der Waals surface area contributed by atoms with Crippen LogP contribution in [0.3, 0.4) is 0 Å². The summed E-state index contributed by atoms with van der Waals surface area (Å²) in [6, 6.07) is 2.87. The molecule has 1 N–H and O–H groups in total. The van der Waals surface area contributed by atoms with Crippen LogP contribution in [-0.2, 0) is 29.2 Å². The van der Waals surface area contributed by atoms with Crippen molar-refractivity contribution in [3.05, 3.63) is 37.0 Å². The second-order valence-corrected chi connectivity index (χ2v) is 13.4. The SMILES string of the molecule is CC(C)(C)OC(=O)C1C2C=CC(C2)C1C(=O)Nc1c(I)cc(I)cc1C(=O)OCC(F)(F)S(=O)(=O)[O-]. The molecule has 0 aromatic heterocycles. The summed E-state index contributed by atoms with van der Waals surface area (Å²) >= 11 is 3.69. The van der Waals surface area contributed by atoms with Crippen molar-refractivity contribution >= 4 is 78.8 Å². The fourth-order valence-corrected chi connectivity index (χ4v) is 6.42. The van der Waals surface area contributed by atoms with Gasteiger partial charge in [0, 0.05) is 7.14 Å². The molecule has 1 fully saturated rings. The van der Waals surface area contributed by atoms with E-state index in [1.165, 1.54) is 6.07 Å². The van der Waals surface area contributed by atoms with Gasteiger partial charge in [-0.05, 0) is 96.3 Å².